The maximum atomic E-state index is 14.9. The Morgan fingerprint density at radius 3 is 2.45 bits per heavy atom. The number of aromatic nitrogens is 1. The number of carbonyl (C=O) groups is 1. The third-order valence-corrected chi connectivity index (χ3v) is 4.16. The summed E-state index contributed by atoms with van der Waals surface area (Å²) in [6, 6.07) is 4.76. The molecule has 7 nitrogen and oxygen atoms in total. The van der Waals surface area contributed by atoms with Gasteiger partial charge in [-0.1, -0.05) is 6.07 Å². The molecule has 0 amide bonds. The second kappa shape index (κ2) is 8.55. The normalized spacial score (nSPS) is 27.0. The first-order valence-electron chi connectivity index (χ1n) is 8.08. The van der Waals surface area contributed by atoms with Gasteiger partial charge in [0.1, 0.15) is 18.1 Å². The van der Waals surface area contributed by atoms with Crippen molar-refractivity contribution in [3.63, 3.8) is 0 Å². The Bertz CT molecular complexity index is 862. The van der Waals surface area contributed by atoms with E-state index in [0.29, 0.717) is 6.08 Å². The molecule has 0 saturated heterocycles. The van der Waals surface area contributed by atoms with E-state index in [1.54, 1.807) is 12.1 Å². The minimum atomic E-state index is -3.46. The molecule has 0 aromatic carbocycles. The SMILES string of the molecule is NC1=CC(F)=C(F)C(F)([C@@]2(C(F)F)COCC(N)=N2)C1.O=C(O)c1ccccn1. The molecule has 1 aliphatic carbocycles. The zero-order chi connectivity index (χ0) is 21.8. The molecule has 29 heavy (non-hydrogen) atoms. The van der Waals surface area contributed by atoms with Crippen molar-refractivity contribution in [2.24, 2.45) is 16.5 Å². The first kappa shape index (κ1) is 22.3. The molecule has 0 fully saturated rings. The molecule has 1 aromatic heterocycles. The molecule has 158 valence electrons. The highest BCUT2D eigenvalue weighted by Crippen LogP contribution is 2.49. The van der Waals surface area contributed by atoms with Gasteiger partial charge in [-0.25, -0.2) is 31.7 Å². The van der Waals surface area contributed by atoms with Crippen LogP contribution in [0.1, 0.15) is 16.9 Å². The van der Waals surface area contributed by atoms with E-state index in [-0.39, 0.29) is 12.3 Å². The van der Waals surface area contributed by atoms with Crippen LogP contribution in [0.2, 0.25) is 0 Å². The Morgan fingerprint density at radius 2 is 1.97 bits per heavy atom. The van der Waals surface area contributed by atoms with Crippen LogP contribution in [-0.4, -0.2) is 52.7 Å². The number of hydrogen-bond donors (Lipinski definition) is 3. The van der Waals surface area contributed by atoms with Crippen molar-refractivity contribution in [2.75, 3.05) is 13.2 Å². The first-order valence-corrected chi connectivity index (χ1v) is 8.08. The fraction of sp³-hybridized carbons (Fsp3) is 0.353. The largest absolute Gasteiger partial charge is 0.477 e. The van der Waals surface area contributed by atoms with Gasteiger partial charge >= 0.3 is 5.97 Å². The number of halogens is 5. The van der Waals surface area contributed by atoms with Crippen molar-refractivity contribution >= 4 is 11.8 Å². The lowest BCUT2D eigenvalue weighted by Gasteiger charge is -2.43. The number of alkyl halides is 3. The first-order chi connectivity index (χ1) is 13.5. The van der Waals surface area contributed by atoms with Crippen LogP contribution in [0.15, 0.2) is 52.8 Å². The summed E-state index contributed by atoms with van der Waals surface area (Å²) < 4.78 is 73.6. The molecule has 3 rings (SSSR count). The highest BCUT2D eigenvalue weighted by molar-refractivity contribution is 5.85. The molecule has 5 N–H and O–H groups in total. The average molecular weight is 420 g/mol. The molecule has 0 radical (unpaired) electrons. The van der Waals surface area contributed by atoms with Crippen LogP contribution in [0.25, 0.3) is 0 Å². The maximum Gasteiger partial charge on any atom is 0.354 e. The van der Waals surface area contributed by atoms with Gasteiger partial charge in [0, 0.05) is 18.3 Å². The lowest BCUT2D eigenvalue weighted by molar-refractivity contribution is -0.0895. The Hall–Kier alpha value is -3.02. The summed E-state index contributed by atoms with van der Waals surface area (Å²) in [6.07, 6.45) is -2.43. The third kappa shape index (κ3) is 4.36. The number of nitrogens with two attached hydrogens (primary N) is 2. The molecule has 1 aromatic rings. The van der Waals surface area contributed by atoms with Crippen LogP contribution in [0.4, 0.5) is 22.0 Å². The van der Waals surface area contributed by atoms with E-state index in [1.807, 2.05) is 0 Å². The lowest BCUT2D eigenvalue weighted by Crippen LogP contribution is -2.62. The Labute approximate surface area is 161 Å². The fourth-order valence-electron chi connectivity index (χ4n) is 2.78. The summed E-state index contributed by atoms with van der Waals surface area (Å²) in [6.45, 7) is -1.22. The topological polar surface area (TPSA) is 124 Å². The Kier molecular flexibility index (Phi) is 6.57. The Balaban J connectivity index is 0.000000278. The van der Waals surface area contributed by atoms with Crippen molar-refractivity contribution in [3.8, 4) is 0 Å². The monoisotopic (exact) mass is 420 g/mol. The van der Waals surface area contributed by atoms with Gasteiger partial charge in [0.05, 0.1) is 6.61 Å². The van der Waals surface area contributed by atoms with Crippen molar-refractivity contribution in [2.45, 2.75) is 24.1 Å². The molecule has 1 unspecified atom stereocenters. The second-order valence-electron chi connectivity index (χ2n) is 6.20. The number of hydrogen-bond acceptors (Lipinski definition) is 6. The quantitative estimate of drug-likeness (QED) is 0.645. The van der Waals surface area contributed by atoms with E-state index in [0.717, 1.165) is 0 Å². The molecular weight excluding hydrogens is 403 g/mol. The van der Waals surface area contributed by atoms with Gasteiger partial charge in [0.15, 0.2) is 17.2 Å². The summed E-state index contributed by atoms with van der Waals surface area (Å²) in [7, 11) is 0. The predicted octanol–water partition coefficient (Wildman–Crippen LogP) is 2.26. The molecule has 2 heterocycles. The zero-order valence-electron chi connectivity index (χ0n) is 14.8. The van der Waals surface area contributed by atoms with E-state index in [9.17, 15) is 26.7 Å². The van der Waals surface area contributed by atoms with Crippen LogP contribution >= 0.6 is 0 Å². The minimum absolute atomic E-state index is 0.0810. The van der Waals surface area contributed by atoms with E-state index in [2.05, 4.69) is 9.98 Å². The number of ether oxygens (including phenoxy) is 1. The summed E-state index contributed by atoms with van der Waals surface area (Å²) in [5, 5.41) is 8.32. The third-order valence-electron chi connectivity index (χ3n) is 4.16. The van der Waals surface area contributed by atoms with Gasteiger partial charge in [-0.3, -0.25) is 4.99 Å². The zero-order valence-corrected chi connectivity index (χ0v) is 14.8. The van der Waals surface area contributed by atoms with E-state index in [1.165, 1.54) is 12.3 Å². The summed E-state index contributed by atoms with van der Waals surface area (Å²) in [5.74, 6) is -5.03. The van der Waals surface area contributed by atoms with E-state index in [4.69, 9.17) is 21.3 Å². The second-order valence-corrected chi connectivity index (χ2v) is 6.20. The number of carboxylic acid groups (broad SMARTS) is 1. The highest BCUT2D eigenvalue weighted by Gasteiger charge is 2.64. The number of allylic oxidation sites excluding steroid dienone is 3. The van der Waals surface area contributed by atoms with Crippen LogP contribution in [0.3, 0.4) is 0 Å². The van der Waals surface area contributed by atoms with Crippen LogP contribution < -0.4 is 11.5 Å². The molecular formula is C17H17F5N4O3. The number of rotatable bonds is 3. The molecule has 1 aliphatic heterocycles. The highest BCUT2D eigenvalue weighted by atomic mass is 19.3. The van der Waals surface area contributed by atoms with Gasteiger partial charge in [0.2, 0.25) is 5.67 Å². The molecule has 12 heteroatoms. The summed E-state index contributed by atoms with van der Waals surface area (Å²) >= 11 is 0. The Morgan fingerprint density at radius 1 is 1.28 bits per heavy atom. The minimum Gasteiger partial charge on any atom is -0.477 e. The molecule has 0 saturated carbocycles. The maximum absolute atomic E-state index is 14.9. The van der Waals surface area contributed by atoms with Crippen LogP contribution in [-0.2, 0) is 4.74 Å². The van der Waals surface area contributed by atoms with Gasteiger partial charge in [0.25, 0.3) is 6.43 Å². The lowest BCUT2D eigenvalue weighted by atomic mass is 9.75. The number of pyridine rings is 1. The van der Waals surface area contributed by atoms with Crippen molar-refractivity contribution in [3.05, 3.63) is 53.5 Å². The number of nitrogens with zero attached hydrogens (tertiary/aromatic N) is 2. The van der Waals surface area contributed by atoms with Gasteiger partial charge in [-0.2, -0.15) is 0 Å². The predicted molar refractivity (Wildman–Crippen MR) is 92.3 cm³/mol. The fourth-order valence-corrected chi connectivity index (χ4v) is 2.78. The summed E-state index contributed by atoms with van der Waals surface area (Å²) in [4.78, 5) is 17.1. The molecule has 2 aliphatic rings. The molecule has 0 bridgehead atoms. The van der Waals surface area contributed by atoms with Crippen LogP contribution in [0, 0.1) is 0 Å². The van der Waals surface area contributed by atoms with Crippen molar-refractivity contribution < 1.29 is 36.6 Å². The van der Waals surface area contributed by atoms with E-state index >= 15 is 0 Å². The standard InChI is InChI=1S/C11H12F5N3O.C6H5NO2/c12-6-1-5(17)2-10(16,8(6)13)11(9(14)15)4-20-3-7(18)19-11;8-6(9)5-3-1-2-4-7-5/h1,9H,2-4,17H2,(H2,18,19);1-4H,(H,8,9)/t10?,11-;/m0./s1. The van der Waals surface area contributed by atoms with E-state index < -0.39 is 59.8 Å². The molecule has 0 spiro atoms. The number of aromatic carboxylic acids is 1. The summed E-state index contributed by atoms with van der Waals surface area (Å²) in [5.41, 5.74) is 3.81. The smallest absolute Gasteiger partial charge is 0.354 e. The number of aliphatic imine (C=N–C) groups is 1. The van der Waals surface area contributed by atoms with Crippen molar-refractivity contribution in [1.29, 1.82) is 0 Å². The van der Waals surface area contributed by atoms with Crippen LogP contribution in [0.5, 0.6) is 0 Å². The molecule has 2 atom stereocenters. The van der Waals surface area contributed by atoms with Crippen molar-refractivity contribution in [1.82, 2.24) is 4.98 Å². The van der Waals surface area contributed by atoms with Gasteiger partial charge in [-0.15, -0.1) is 0 Å². The van der Waals surface area contributed by atoms with Gasteiger partial charge in [-0.05, 0) is 18.2 Å². The number of carboxylic acids is 1. The van der Waals surface area contributed by atoms with Gasteiger partial charge < -0.3 is 21.3 Å². The average Bonchev–Trinajstić information content (AvgIpc) is 2.67. The number of amidine groups is 1.